The van der Waals surface area contributed by atoms with Crippen molar-refractivity contribution in [2.24, 2.45) is 22.6 Å². The average Bonchev–Trinajstić information content (AvgIpc) is 3.24. The lowest BCUT2D eigenvalue weighted by Gasteiger charge is -2.27. The first-order valence-corrected chi connectivity index (χ1v) is 9.25. The van der Waals surface area contributed by atoms with E-state index in [1.807, 2.05) is 6.92 Å². The van der Waals surface area contributed by atoms with E-state index < -0.39 is 16.9 Å². The van der Waals surface area contributed by atoms with E-state index in [2.05, 4.69) is 15.3 Å². The van der Waals surface area contributed by atoms with Crippen LogP contribution in [0.5, 0.6) is 0 Å². The summed E-state index contributed by atoms with van der Waals surface area (Å²) in [5.74, 6) is 1.03. The van der Waals surface area contributed by atoms with Crippen molar-refractivity contribution in [3.63, 3.8) is 0 Å². The molecule has 4 rings (SSSR count). The van der Waals surface area contributed by atoms with Crippen LogP contribution in [0.2, 0.25) is 0 Å². The highest BCUT2D eigenvalue weighted by atomic mass is 32.2. The van der Waals surface area contributed by atoms with Gasteiger partial charge in [-0.1, -0.05) is 18.2 Å². The highest BCUT2D eigenvalue weighted by Gasteiger charge is 2.45. The molecular weight excluding hydrogens is 324 g/mol. The van der Waals surface area contributed by atoms with Crippen molar-refractivity contribution in [1.82, 2.24) is 10.3 Å². The Hall–Kier alpha value is -1.60. The Morgan fingerprint density at radius 3 is 2.96 bits per heavy atom. The number of hydrogen-bond donors (Lipinski definition) is 3. The van der Waals surface area contributed by atoms with Gasteiger partial charge in [-0.15, -0.1) is 0 Å². The SMILES string of the molecule is CC1(c2ccnc(C(N)=O)c2)SC(NC2CC3CCC2C3)=NC1O. The number of carbonyl (C=O) groups is 1. The van der Waals surface area contributed by atoms with Crippen molar-refractivity contribution in [2.75, 3.05) is 0 Å². The largest absolute Gasteiger partial charge is 0.370 e. The summed E-state index contributed by atoms with van der Waals surface area (Å²) in [5, 5.41) is 14.9. The van der Waals surface area contributed by atoms with Crippen LogP contribution in [0.3, 0.4) is 0 Å². The second-order valence-electron chi connectivity index (χ2n) is 7.24. The molecule has 0 saturated heterocycles. The summed E-state index contributed by atoms with van der Waals surface area (Å²) in [4.78, 5) is 19.8. The Labute approximate surface area is 145 Å². The van der Waals surface area contributed by atoms with Crippen LogP contribution in [-0.2, 0) is 4.75 Å². The molecule has 24 heavy (non-hydrogen) atoms. The van der Waals surface area contributed by atoms with E-state index in [9.17, 15) is 9.90 Å². The van der Waals surface area contributed by atoms with Gasteiger partial charge in [0, 0.05) is 12.2 Å². The number of aromatic nitrogens is 1. The zero-order valence-corrected chi connectivity index (χ0v) is 14.4. The molecule has 6 nitrogen and oxygen atoms in total. The van der Waals surface area contributed by atoms with Gasteiger partial charge in [0.05, 0.1) is 4.75 Å². The summed E-state index contributed by atoms with van der Waals surface area (Å²) < 4.78 is -0.646. The molecule has 3 aliphatic rings. The van der Waals surface area contributed by atoms with E-state index >= 15 is 0 Å². The van der Waals surface area contributed by atoms with Crippen molar-refractivity contribution >= 4 is 22.8 Å². The average molecular weight is 346 g/mol. The van der Waals surface area contributed by atoms with Crippen LogP contribution >= 0.6 is 11.8 Å². The summed E-state index contributed by atoms with van der Waals surface area (Å²) in [6.45, 7) is 1.93. The number of aliphatic hydroxyl groups excluding tert-OH is 1. The highest BCUT2D eigenvalue weighted by Crippen LogP contribution is 2.47. The van der Waals surface area contributed by atoms with Gasteiger partial charge in [0.2, 0.25) is 0 Å². The molecule has 2 saturated carbocycles. The number of pyridine rings is 1. The summed E-state index contributed by atoms with van der Waals surface area (Å²) in [6, 6.07) is 3.93. The minimum Gasteiger partial charge on any atom is -0.370 e. The molecule has 2 fully saturated rings. The van der Waals surface area contributed by atoms with Gasteiger partial charge >= 0.3 is 0 Å². The van der Waals surface area contributed by atoms with Gasteiger partial charge in [0.15, 0.2) is 11.4 Å². The Morgan fingerprint density at radius 2 is 2.29 bits per heavy atom. The van der Waals surface area contributed by atoms with Crippen molar-refractivity contribution in [3.8, 4) is 0 Å². The maximum absolute atomic E-state index is 11.4. The fourth-order valence-corrected chi connectivity index (χ4v) is 5.41. The molecule has 1 aliphatic heterocycles. The number of hydrogen-bond acceptors (Lipinski definition) is 6. The molecule has 0 aromatic carbocycles. The second kappa shape index (κ2) is 5.74. The normalized spacial score (nSPS) is 37.5. The van der Waals surface area contributed by atoms with Crippen LogP contribution in [0.1, 0.15) is 48.7 Å². The van der Waals surface area contributed by atoms with Crippen molar-refractivity contribution in [2.45, 2.75) is 49.6 Å². The molecular formula is C17H22N4O2S. The molecule has 2 bridgehead atoms. The molecule has 0 radical (unpaired) electrons. The highest BCUT2D eigenvalue weighted by molar-refractivity contribution is 8.14. The van der Waals surface area contributed by atoms with E-state index in [4.69, 9.17) is 5.73 Å². The maximum Gasteiger partial charge on any atom is 0.267 e. The predicted octanol–water partition coefficient (Wildman–Crippen LogP) is 1.60. The topological polar surface area (TPSA) is 101 Å². The van der Waals surface area contributed by atoms with Crippen LogP contribution in [0, 0.1) is 11.8 Å². The van der Waals surface area contributed by atoms with E-state index in [0.29, 0.717) is 6.04 Å². The summed E-state index contributed by atoms with van der Waals surface area (Å²) in [7, 11) is 0. The third kappa shape index (κ3) is 2.59. The van der Waals surface area contributed by atoms with E-state index in [1.165, 1.54) is 37.4 Å². The van der Waals surface area contributed by atoms with Gasteiger partial charge in [-0.05, 0) is 55.7 Å². The van der Waals surface area contributed by atoms with Crippen LogP contribution in [-0.4, -0.2) is 33.4 Å². The molecule has 5 unspecified atom stereocenters. The Balaban J connectivity index is 1.51. The lowest BCUT2D eigenvalue weighted by atomic mass is 9.96. The van der Waals surface area contributed by atoms with Crippen LogP contribution in [0.15, 0.2) is 23.3 Å². The first-order valence-electron chi connectivity index (χ1n) is 8.43. The second-order valence-corrected chi connectivity index (χ2v) is 8.68. The molecule has 4 N–H and O–H groups in total. The maximum atomic E-state index is 11.4. The lowest BCUT2D eigenvalue weighted by molar-refractivity contribution is 0.0994. The number of nitrogens with zero attached hydrogens (tertiary/aromatic N) is 2. The Bertz CT molecular complexity index is 710. The van der Waals surface area contributed by atoms with Crippen LogP contribution < -0.4 is 11.1 Å². The van der Waals surface area contributed by atoms with Crippen molar-refractivity contribution in [3.05, 3.63) is 29.6 Å². The monoisotopic (exact) mass is 346 g/mol. The number of amides is 1. The van der Waals surface area contributed by atoms with Gasteiger partial charge in [0.25, 0.3) is 5.91 Å². The van der Waals surface area contributed by atoms with Gasteiger partial charge < -0.3 is 16.2 Å². The van der Waals surface area contributed by atoms with Gasteiger partial charge in [-0.2, -0.15) is 0 Å². The van der Waals surface area contributed by atoms with Crippen molar-refractivity contribution in [1.29, 1.82) is 0 Å². The Kier molecular flexibility index (Phi) is 3.80. The quantitative estimate of drug-likeness (QED) is 0.772. The minimum atomic E-state index is -0.869. The number of nitrogens with two attached hydrogens (primary N) is 1. The van der Waals surface area contributed by atoms with Crippen LogP contribution in [0.4, 0.5) is 0 Å². The number of carbonyl (C=O) groups excluding carboxylic acids is 1. The molecule has 128 valence electrons. The number of rotatable bonds is 3. The molecule has 1 aromatic heterocycles. The number of thioether (sulfide) groups is 1. The smallest absolute Gasteiger partial charge is 0.267 e. The molecule has 2 heterocycles. The first kappa shape index (κ1) is 15.9. The van der Waals surface area contributed by atoms with Gasteiger partial charge in [0.1, 0.15) is 5.69 Å². The molecule has 1 amide bonds. The molecule has 0 spiro atoms. The van der Waals surface area contributed by atoms with E-state index in [-0.39, 0.29) is 5.69 Å². The zero-order valence-electron chi connectivity index (χ0n) is 13.6. The van der Waals surface area contributed by atoms with Crippen molar-refractivity contribution < 1.29 is 9.90 Å². The summed E-state index contributed by atoms with van der Waals surface area (Å²) >= 11 is 1.52. The molecule has 1 aromatic rings. The third-order valence-electron chi connectivity index (χ3n) is 5.67. The summed E-state index contributed by atoms with van der Waals surface area (Å²) in [5.41, 5.74) is 6.33. The fourth-order valence-electron chi connectivity index (χ4n) is 4.24. The predicted molar refractivity (Wildman–Crippen MR) is 93.5 cm³/mol. The number of aliphatic imine (C=N–C) groups is 1. The minimum absolute atomic E-state index is 0.205. The molecule has 5 atom stereocenters. The number of amidine groups is 1. The van der Waals surface area contributed by atoms with E-state index in [1.54, 1.807) is 18.3 Å². The number of nitrogens with one attached hydrogen (secondary N) is 1. The Morgan fingerprint density at radius 1 is 1.46 bits per heavy atom. The third-order valence-corrected chi connectivity index (χ3v) is 6.96. The lowest BCUT2D eigenvalue weighted by Crippen LogP contribution is -2.37. The van der Waals surface area contributed by atoms with E-state index in [0.717, 1.165) is 22.6 Å². The number of fused-ring (bicyclic) bond motifs is 2. The summed E-state index contributed by atoms with van der Waals surface area (Å²) in [6.07, 6.45) is 5.86. The van der Waals surface area contributed by atoms with Gasteiger partial charge in [-0.3, -0.25) is 9.78 Å². The molecule has 7 heteroatoms. The fraction of sp³-hybridized carbons (Fsp3) is 0.588. The number of aliphatic hydroxyl groups is 1. The molecule has 2 aliphatic carbocycles. The number of primary amides is 1. The van der Waals surface area contributed by atoms with Crippen LogP contribution in [0.25, 0.3) is 0 Å². The first-order chi connectivity index (χ1) is 11.5. The van der Waals surface area contributed by atoms with Gasteiger partial charge in [-0.25, -0.2) is 4.99 Å². The zero-order chi connectivity index (χ0) is 16.9. The standard InChI is InChI=1S/C17H22N4O2S/c1-17(11-4-5-19-13(8-11)14(18)22)15(23)21-16(24-17)20-12-7-9-2-3-10(12)6-9/h4-5,8-10,12,15,23H,2-3,6-7H2,1H3,(H2,18,22)(H,20,21).